The zero-order chi connectivity index (χ0) is 12.3. The molecule has 1 aliphatic rings. The minimum atomic E-state index is -0.380. The minimum Gasteiger partial charge on any atom is -0.305 e. The number of carbonyl (C=O) groups excluding carboxylic acids is 2. The summed E-state index contributed by atoms with van der Waals surface area (Å²) in [5, 5.41) is 6.03. The molecule has 5 heteroatoms. The lowest BCUT2D eigenvalue weighted by Gasteiger charge is -2.08. The average Bonchev–Trinajstić information content (AvgIpc) is 2.60. The lowest BCUT2D eigenvalue weighted by atomic mass is 10.1. The summed E-state index contributed by atoms with van der Waals surface area (Å²) in [7, 11) is 0. The Bertz CT molecular complexity index is 431. The molecule has 0 spiro atoms. The Morgan fingerprint density at radius 1 is 1.29 bits per heavy atom. The summed E-state index contributed by atoms with van der Waals surface area (Å²) >= 11 is 5.78. The third-order valence-corrected chi connectivity index (χ3v) is 2.94. The van der Waals surface area contributed by atoms with E-state index in [-0.39, 0.29) is 24.3 Å². The molecule has 90 valence electrons. The largest absolute Gasteiger partial charge is 0.305 e. The number of imide groups is 1. The van der Waals surface area contributed by atoms with Crippen LogP contribution in [0.2, 0.25) is 5.02 Å². The van der Waals surface area contributed by atoms with Crippen LogP contribution in [0.15, 0.2) is 24.3 Å². The Hall–Kier alpha value is -1.39. The molecule has 0 aliphatic carbocycles. The summed E-state index contributed by atoms with van der Waals surface area (Å²) in [6.45, 7) is 0.660. The highest BCUT2D eigenvalue weighted by atomic mass is 35.5. The zero-order valence-electron chi connectivity index (χ0n) is 9.20. The van der Waals surface area contributed by atoms with E-state index in [1.165, 1.54) is 0 Å². The van der Waals surface area contributed by atoms with Gasteiger partial charge in [0.1, 0.15) is 0 Å². The van der Waals surface area contributed by atoms with Gasteiger partial charge >= 0.3 is 0 Å². The van der Waals surface area contributed by atoms with Crippen molar-refractivity contribution in [1.29, 1.82) is 0 Å². The van der Waals surface area contributed by atoms with E-state index in [9.17, 15) is 9.59 Å². The van der Waals surface area contributed by atoms with Crippen LogP contribution in [0.3, 0.4) is 0 Å². The number of nitrogens with one attached hydrogen (secondary N) is 2. The van der Waals surface area contributed by atoms with E-state index in [0.29, 0.717) is 11.6 Å². The highest BCUT2D eigenvalue weighted by Crippen LogP contribution is 2.09. The molecule has 1 aliphatic heterocycles. The first-order valence-electron chi connectivity index (χ1n) is 5.46. The monoisotopic (exact) mass is 252 g/mol. The van der Waals surface area contributed by atoms with Crippen molar-refractivity contribution in [3.8, 4) is 0 Å². The van der Waals surface area contributed by atoms with Crippen LogP contribution in [0.25, 0.3) is 0 Å². The Kier molecular flexibility index (Phi) is 3.76. The highest BCUT2D eigenvalue weighted by molar-refractivity contribution is 6.30. The molecule has 0 saturated carbocycles. The number of rotatable bonds is 4. The summed E-state index contributed by atoms with van der Waals surface area (Å²) in [6, 6.07) is 7.19. The van der Waals surface area contributed by atoms with Crippen LogP contribution in [0.5, 0.6) is 0 Å². The molecule has 1 atom stereocenters. The van der Waals surface area contributed by atoms with Crippen molar-refractivity contribution in [3.05, 3.63) is 34.9 Å². The molecule has 1 saturated heterocycles. The second-order valence-corrected chi connectivity index (χ2v) is 4.44. The maximum atomic E-state index is 11.3. The quantitative estimate of drug-likeness (QED) is 0.783. The molecule has 0 radical (unpaired) electrons. The summed E-state index contributed by atoms with van der Waals surface area (Å²) in [4.78, 5) is 22.2. The SMILES string of the molecule is O=C1CC(NCCc2ccc(Cl)cc2)C(=O)N1. The van der Waals surface area contributed by atoms with E-state index in [1.807, 2.05) is 24.3 Å². The molecular weight excluding hydrogens is 240 g/mol. The first-order valence-corrected chi connectivity index (χ1v) is 5.84. The number of hydrogen-bond acceptors (Lipinski definition) is 3. The highest BCUT2D eigenvalue weighted by Gasteiger charge is 2.29. The summed E-state index contributed by atoms with van der Waals surface area (Å²) in [5.74, 6) is -0.440. The van der Waals surface area contributed by atoms with E-state index in [4.69, 9.17) is 11.6 Å². The lowest BCUT2D eigenvalue weighted by molar-refractivity contribution is -0.125. The Balaban J connectivity index is 1.78. The van der Waals surface area contributed by atoms with Crippen LogP contribution in [0.4, 0.5) is 0 Å². The third kappa shape index (κ3) is 3.28. The van der Waals surface area contributed by atoms with Crippen LogP contribution in [0, 0.1) is 0 Å². The number of amides is 2. The molecule has 1 aromatic rings. The molecule has 2 N–H and O–H groups in total. The van der Waals surface area contributed by atoms with Gasteiger partial charge in [0.2, 0.25) is 11.8 Å². The first-order chi connectivity index (χ1) is 8.15. The van der Waals surface area contributed by atoms with E-state index >= 15 is 0 Å². The topological polar surface area (TPSA) is 58.2 Å². The molecule has 17 heavy (non-hydrogen) atoms. The Morgan fingerprint density at radius 3 is 2.59 bits per heavy atom. The molecule has 1 heterocycles. The lowest BCUT2D eigenvalue weighted by Crippen LogP contribution is -2.37. The van der Waals surface area contributed by atoms with Crippen molar-refractivity contribution in [1.82, 2.24) is 10.6 Å². The molecule has 2 rings (SSSR count). The summed E-state index contributed by atoms with van der Waals surface area (Å²) < 4.78 is 0. The number of carbonyl (C=O) groups is 2. The van der Waals surface area contributed by atoms with Crippen molar-refractivity contribution >= 4 is 23.4 Å². The molecule has 0 bridgehead atoms. The smallest absolute Gasteiger partial charge is 0.244 e. The van der Waals surface area contributed by atoms with E-state index in [1.54, 1.807) is 0 Å². The van der Waals surface area contributed by atoms with E-state index < -0.39 is 0 Å². The van der Waals surface area contributed by atoms with Gasteiger partial charge in [-0.15, -0.1) is 0 Å². The molecular formula is C12H13ClN2O2. The van der Waals surface area contributed by atoms with Crippen LogP contribution in [-0.2, 0) is 16.0 Å². The molecule has 0 aromatic heterocycles. The standard InChI is InChI=1S/C12H13ClN2O2/c13-9-3-1-8(2-4-9)5-6-14-10-7-11(16)15-12(10)17/h1-4,10,14H,5-7H2,(H,15,16,17). The molecule has 2 amide bonds. The Morgan fingerprint density at radius 2 is 2.00 bits per heavy atom. The van der Waals surface area contributed by atoms with Gasteiger partial charge in [0.15, 0.2) is 0 Å². The van der Waals surface area contributed by atoms with Gasteiger partial charge in [0.25, 0.3) is 0 Å². The average molecular weight is 253 g/mol. The van der Waals surface area contributed by atoms with Crippen LogP contribution < -0.4 is 10.6 Å². The second-order valence-electron chi connectivity index (χ2n) is 4.00. The second kappa shape index (κ2) is 5.29. The fourth-order valence-electron chi connectivity index (χ4n) is 1.76. The van der Waals surface area contributed by atoms with Crippen molar-refractivity contribution < 1.29 is 9.59 Å². The summed E-state index contributed by atoms with van der Waals surface area (Å²) in [6.07, 6.45) is 1.04. The van der Waals surface area contributed by atoms with E-state index in [0.717, 1.165) is 12.0 Å². The minimum absolute atomic E-state index is 0.209. The molecule has 4 nitrogen and oxygen atoms in total. The number of halogens is 1. The molecule has 1 aromatic carbocycles. The number of hydrogen-bond donors (Lipinski definition) is 2. The number of benzene rings is 1. The van der Waals surface area contributed by atoms with Gasteiger partial charge in [-0.2, -0.15) is 0 Å². The van der Waals surface area contributed by atoms with Crippen molar-refractivity contribution in [3.63, 3.8) is 0 Å². The van der Waals surface area contributed by atoms with Crippen molar-refractivity contribution in [2.24, 2.45) is 0 Å². The third-order valence-electron chi connectivity index (χ3n) is 2.69. The maximum absolute atomic E-state index is 11.3. The van der Waals surface area contributed by atoms with Crippen molar-refractivity contribution in [2.45, 2.75) is 18.9 Å². The van der Waals surface area contributed by atoms with E-state index in [2.05, 4.69) is 10.6 Å². The fourth-order valence-corrected chi connectivity index (χ4v) is 1.89. The fraction of sp³-hybridized carbons (Fsp3) is 0.333. The summed E-state index contributed by atoms with van der Waals surface area (Å²) in [5.41, 5.74) is 1.15. The Labute approximate surface area is 104 Å². The maximum Gasteiger partial charge on any atom is 0.244 e. The van der Waals surface area contributed by atoms with Crippen LogP contribution >= 0.6 is 11.6 Å². The first kappa shape index (κ1) is 12.1. The van der Waals surface area contributed by atoms with Gasteiger partial charge in [-0.3, -0.25) is 14.9 Å². The predicted octanol–water partition coefficient (Wildman–Crippen LogP) is 0.887. The van der Waals surface area contributed by atoms with Gasteiger partial charge in [-0.25, -0.2) is 0 Å². The van der Waals surface area contributed by atoms with Crippen LogP contribution in [0.1, 0.15) is 12.0 Å². The molecule has 1 fully saturated rings. The zero-order valence-corrected chi connectivity index (χ0v) is 9.96. The van der Waals surface area contributed by atoms with Gasteiger partial charge < -0.3 is 5.32 Å². The predicted molar refractivity (Wildman–Crippen MR) is 64.7 cm³/mol. The van der Waals surface area contributed by atoms with Crippen LogP contribution in [-0.4, -0.2) is 24.4 Å². The molecule has 1 unspecified atom stereocenters. The van der Waals surface area contributed by atoms with Gasteiger partial charge in [-0.05, 0) is 30.7 Å². The normalized spacial score (nSPS) is 19.5. The van der Waals surface area contributed by atoms with Gasteiger partial charge in [0, 0.05) is 5.02 Å². The van der Waals surface area contributed by atoms with Crippen molar-refractivity contribution in [2.75, 3.05) is 6.54 Å². The van der Waals surface area contributed by atoms with Gasteiger partial charge in [0.05, 0.1) is 12.5 Å². The van der Waals surface area contributed by atoms with Gasteiger partial charge in [-0.1, -0.05) is 23.7 Å².